The summed E-state index contributed by atoms with van der Waals surface area (Å²) in [5.41, 5.74) is 2.51. The molecule has 0 saturated carbocycles. The molecule has 1 aromatic heterocycles. The predicted octanol–water partition coefficient (Wildman–Crippen LogP) is 3.80. The summed E-state index contributed by atoms with van der Waals surface area (Å²) in [5.74, 6) is 0.839. The van der Waals surface area contributed by atoms with Gasteiger partial charge in [0.25, 0.3) is 0 Å². The van der Waals surface area contributed by atoms with E-state index in [1.54, 1.807) is 6.07 Å². The minimum Gasteiger partial charge on any atom is -0.355 e. The molecular weight excluding hydrogens is 278 g/mol. The van der Waals surface area contributed by atoms with E-state index < -0.39 is 0 Å². The smallest absolute Gasteiger partial charge is 0.190 e. The number of hydrogen-bond donors (Lipinski definition) is 0. The first-order chi connectivity index (χ1) is 9.08. The van der Waals surface area contributed by atoms with Crippen LogP contribution in [-0.4, -0.2) is 23.3 Å². The van der Waals surface area contributed by atoms with Gasteiger partial charge in [-0.2, -0.15) is 0 Å². The standard InChI is InChI=1S/C14H16ClN3S/c1-10-5-4-6-11(7-10)9-18(2)13-8-12(15)16-14(17-13)19-3/h4-8H,9H2,1-3H3. The molecule has 0 spiro atoms. The van der Waals surface area contributed by atoms with E-state index >= 15 is 0 Å². The van der Waals surface area contributed by atoms with Crippen LogP contribution in [0.1, 0.15) is 11.1 Å². The predicted molar refractivity (Wildman–Crippen MR) is 82.1 cm³/mol. The Morgan fingerprint density at radius 1 is 1.26 bits per heavy atom. The Hall–Kier alpha value is -1.26. The first kappa shape index (κ1) is 14.2. The fourth-order valence-electron chi connectivity index (χ4n) is 1.84. The highest BCUT2D eigenvalue weighted by molar-refractivity contribution is 7.98. The highest BCUT2D eigenvalue weighted by atomic mass is 35.5. The van der Waals surface area contributed by atoms with E-state index in [4.69, 9.17) is 11.6 Å². The maximum absolute atomic E-state index is 6.01. The van der Waals surface area contributed by atoms with Gasteiger partial charge in [-0.15, -0.1) is 0 Å². The van der Waals surface area contributed by atoms with Crippen LogP contribution in [0.5, 0.6) is 0 Å². The Balaban J connectivity index is 2.20. The molecule has 5 heteroatoms. The zero-order valence-corrected chi connectivity index (χ0v) is 12.8. The lowest BCUT2D eigenvalue weighted by atomic mass is 10.1. The summed E-state index contributed by atoms with van der Waals surface area (Å²) in [5, 5.41) is 1.17. The summed E-state index contributed by atoms with van der Waals surface area (Å²) in [6, 6.07) is 10.2. The van der Waals surface area contributed by atoms with Crippen LogP contribution >= 0.6 is 23.4 Å². The molecule has 0 amide bonds. The quantitative estimate of drug-likeness (QED) is 0.487. The highest BCUT2D eigenvalue weighted by Gasteiger charge is 2.08. The van der Waals surface area contributed by atoms with Crippen LogP contribution in [0.4, 0.5) is 5.82 Å². The molecule has 0 aliphatic carbocycles. The molecule has 0 aliphatic heterocycles. The average Bonchev–Trinajstić information content (AvgIpc) is 2.38. The lowest BCUT2D eigenvalue weighted by Gasteiger charge is -2.19. The number of aromatic nitrogens is 2. The minimum atomic E-state index is 0.477. The highest BCUT2D eigenvalue weighted by Crippen LogP contribution is 2.21. The maximum Gasteiger partial charge on any atom is 0.190 e. The fourth-order valence-corrected chi connectivity index (χ4v) is 2.44. The summed E-state index contributed by atoms with van der Waals surface area (Å²) in [6.45, 7) is 2.89. The topological polar surface area (TPSA) is 29.0 Å². The Labute approximate surface area is 123 Å². The van der Waals surface area contributed by atoms with Gasteiger partial charge in [0.2, 0.25) is 0 Å². The molecule has 0 unspecified atom stereocenters. The Bertz CT molecular complexity index is 574. The van der Waals surface area contributed by atoms with E-state index in [1.807, 2.05) is 13.3 Å². The van der Waals surface area contributed by atoms with Gasteiger partial charge in [0, 0.05) is 19.7 Å². The second-order valence-corrected chi connectivity index (χ2v) is 5.54. The zero-order valence-electron chi connectivity index (χ0n) is 11.2. The lowest BCUT2D eigenvalue weighted by Crippen LogP contribution is -2.18. The minimum absolute atomic E-state index is 0.477. The van der Waals surface area contributed by atoms with Gasteiger partial charge in [0.1, 0.15) is 11.0 Å². The van der Waals surface area contributed by atoms with Gasteiger partial charge in [0.05, 0.1) is 0 Å². The molecule has 19 heavy (non-hydrogen) atoms. The SMILES string of the molecule is CSc1nc(Cl)cc(N(C)Cc2cccc(C)c2)n1. The van der Waals surface area contributed by atoms with Gasteiger partial charge < -0.3 is 4.90 Å². The van der Waals surface area contributed by atoms with Gasteiger partial charge >= 0.3 is 0 Å². The van der Waals surface area contributed by atoms with Gasteiger partial charge in [-0.3, -0.25) is 0 Å². The molecule has 0 atom stereocenters. The largest absolute Gasteiger partial charge is 0.355 e. The van der Waals surface area contributed by atoms with Gasteiger partial charge in [0.15, 0.2) is 5.16 Å². The van der Waals surface area contributed by atoms with Crippen molar-refractivity contribution in [2.24, 2.45) is 0 Å². The summed E-state index contributed by atoms with van der Waals surface area (Å²) < 4.78 is 0. The number of thioether (sulfide) groups is 1. The van der Waals surface area contributed by atoms with Gasteiger partial charge in [-0.1, -0.05) is 53.2 Å². The summed E-state index contributed by atoms with van der Waals surface area (Å²) >= 11 is 7.50. The van der Waals surface area contributed by atoms with Crippen molar-refractivity contribution in [1.29, 1.82) is 0 Å². The molecule has 0 N–H and O–H groups in total. The average molecular weight is 294 g/mol. The third-order valence-corrected chi connectivity index (χ3v) is 3.48. The van der Waals surface area contributed by atoms with Crippen molar-refractivity contribution in [3.63, 3.8) is 0 Å². The molecule has 100 valence electrons. The number of rotatable bonds is 4. The fraction of sp³-hybridized carbons (Fsp3) is 0.286. The molecule has 3 nitrogen and oxygen atoms in total. The van der Waals surface area contributed by atoms with Crippen molar-refractivity contribution in [2.45, 2.75) is 18.6 Å². The molecule has 2 aromatic rings. The molecule has 0 saturated heterocycles. The van der Waals surface area contributed by atoms with Crippen LogP contribution in [0.25, 0.3) is 0 Å². The number of aryl methyl sites for hydroxylation is 1. The first-order valence-corrected chi connectivity index (χ1v) is 7.54. The van der Waals surface area contributed by atoms with Gasteiger partial charge in [-0.25, -0.2) is 9.97 Å². The third kappa shape index (κ3) is 3.85. The first-order valence-electron chi connectivity index (χ1n) is 5.94. The van der Waals surface area contributed by atoms with E-state index in [9.17, 15) is 0 Å². The lowest BCUT2D eigenvalue weighted by molar-refractivity contribution is 0.856. The van der Waals surface area contributed by atoms with E-state index in [2.05, 4.69) is 46.1 Å². The van der Waals surface area contributed by atoms with E-state index in [0.717, 1.165) is 12.4 Å². The molecular formula is C14H16ClN3S. The number of nitrogens with zero attached hydrogens (tertiary/aromatic N) is 3. The Kier molecular flexibility index (Phi) is 4.66. The van der Waals surface area contributed by atoms with Crippen LogP contribution in [0.15, 0.2) is 35.5 Å². The maximum atomic E-state index is 6.01. The number of halogens is 1. The van der Waals surface area contributed by atoms with Crippen molar-refractivity contribution in [3.05, 3.63) is 46.6 Å². The molecule has 1 heterocycles. The van der Waals surface area contributed by atoms with E-state index in [0.29, 0.717) is 10.3 Å². The molecule has 2 rings (SSSR count). The molecule has 0 fully saturated rings. The van der Waals surface area contributed by atoms with Gasteiger partial charge in [-0.05, 0) is 18.7 Å². The molecule has 0 bridgehead atoms. The molecule has 1 aromatic carbocycles. The third-order valence-electron chi connectivity index (χ3n) is 2.74. The second kappa shape index (κ2) is 6.26. The van der Waals surface area contributed by atoms with Crippen LogP contribution in [0.2, 0.25) is 5.15 Å². The normalized spacial score (nSPS) is 10.5. The summed E-state index contributed by atoms with van der Waals surface area (Å²) in [4.78, 5) is 10.7. The van der Waals surface area contributed by atoms with Crippen molar-refractivity contribution >= 4 is 29.2 Å². The van der Waals surface area contributed by atoms with Crippen molar-refractivity contribution in [3.8, 4) is 0 Å². The molecule has 0 radical (unpaired) electrons. The van der Waals surface area contributed by atoms with Crippen LogP contribution < -0.4 is 4.90 Å². The molecule has 0 aliphatic rings. The Morgan fingerprint density at radius 3 is 2.74 bits per heavy atom. The Morgan fingerprint density at radius 2 is 2.05 bits per heavy atom. The van der Waals surface area contributed by atoms with E-state index in [1.165, 1.54) is 22.9 Å². The van der Waals surface area contributed by atoms with Crippen LogP contribution in [0, 0.1) is 6.92 Å². The van der Waals surface area contributed by atoms with E-state index in [-0.39, 0.29) is 0 Å². The van der Waals surface area contributed by atoms with Crippen molar-refractivity contribution in [1.82, 2.24) is 9.97 Å². The van der Waals surface area contributed by atoms with Crippen molar-refractivity contribution in [2.75, 3.05) is 18.2 Å². The monoisotopic (exact) mass is 293 g/mol. The number of anilines is 1. The number of hydrogen-bond acceptors (Lipinski definition) is 4. The van der Waals surface area contributed by atoms with Crippen molar-refractivity contribution < 1.29 is 0 Å². The second-order valence-electron chi connectivity index (χ2n) is 4.38. The zero-order chi connectivity index (χ0) is 13.8. The number of benzene rings is 1. The van der Waals surface area contributed by atoms with Crippen LogP contribution in [-0.2, 0) is 6.54 Å². The van der Waals surface area contributed by atoms with Crippen LogP contribution in [0.3, 0.4) is 0 Å². The summed E-state index contributed by atoms with van der Waals surface area (Å²) in [6.07, 6.45) is 1.94. The summed E-state index contributed by atoms with van der Waals surface area (Å²) in [7, 11) is 2.01.